The molecule has 7 nitrogen and oxygen atoms in total. The Labute approximate surface area is 310 Å². The predicted octanol–water partition coefficient (Wildman–Crippen LogP) is 8.34. The highest BCUT2D eigenvalue weighted by molar-refractivity contribution is 7.10. The Bertz CT molecular complexity index is 1610. The number of terminal acetylenes is 1. The Hall–Kier alpha value is -3.51. The molecule has 0 spiro atoms. The first-order valence-electron chi connectivity index (χ1n) is 19.1. The van der Waals surface area contributed by atoms with Crippen molar-refractivity contribution in [3.8, 4) is 12.3 Å². The van der Waals surface area contributed by atoms with Gasteiger partial charge in [-0.2, -0.15) is 0 Å². The third kappa shape index (κ3) is 10.1. The molecule has 274 valence electrons. The number of primary amides is 1. The van der Waals surface area contributed by atoms with Gasteiger partial charge in [-0.15, -0.1) is 17.8 Å². The lowest BCUT2D eigenvalue weighted by Crippen LogP contribution is -2.45. The van der Waals surface area contributed by atoms with E-state index in [-0.39, 0.29) is 17.5 Å². The first-order chi connectivity index (χ1) is 24.5. The summed E-state index contributed by atoms with van der Waals surface area (Å²) in [6, 6.07) is 19.6. The first-order valence-corrected chi connectivity index (χ1v) is 19.9. The number of carbonyl (C=O) groups excluding carboxylic acids is 2. The number of aromatic nitrogens is 1. The topological polar surface area (TPSA) is 91.6 Å². The minimum Gasteiger partial charge on any atom is -0.380 e. The molecule has 2 saturated carbocycles. The van der Waals surface area contributed by atoms with Crippen molar-refractivity contribution in [1.29, 1.82) is 0 Å². The van der Waals surface area contributed by atoms with Crippen molar-refractivity contribution in [2.45, 2.75) is 115 Å². The minimum absolute atomic E-state index is 0.00463. The first kappa shape index (κ1) is 38.7. The molecule has 2 aromatic carbocycles. The van der Waals surface area contributed by atoms with Gasteiger partial charge in [0.25, 0.3) is 0 Å². The molecule has 5 atom stereocenters. The van der Waals surface area contributed by atoms with Crippen molar-refractivity contribution in [1.82, 2.24) is 14.8 Å². The number of fused-ring (bicyclic) bond motifs is 3. The van der Waals surface area contributed by atoms with Crippen LogP contribution in [0.1, 0.15) is 123 Å². The average Bonchev–Trinajstić information content (AvgIpc) is 3.76. The van der Waals surface area contributed by atoms with E-state index in [9.17, 15) is 9.59 Å². The summed E-state index contributed by atoms with van der Waals surface area (Å²) in [4.78, 5) is 29.0. The lowest BCUT2D eigenvalue weighted by molar-refractivity contribution is -0.121. The predicted molar refractivity (Wildman–Crippen MR) is 211 cm³/mol. The van der Waals surface area contributed by atoms with Gasteiger partial charge >= 0.3 is 0 Å². The average molecular weight is 710 g/mol. The van der Waals surface area contributed by atoms with E-state index in [4.69, 9.17) is 12.2 Å². The molecule has 3 N–H and O–H groups in total. The number of aldehydes is 1. The van der Waals surface area contributed by atoms with E-state index >= 15 is 0 Å². The maximum absolute atomic E-state index is 10.6. The summed E-state index contributed by atoms with van der Waals surface area (Å²) in [6.07, 6.45) is 19.8. The van der Waals surface area contributed by atoms with Crippen LogP contribution >= 0.6 is 11.3 Å². The summed E-state index contributed by atoms with van der Waals surface area (Å²) >= 11 is 1.30. The number of carbonyl (C=O) groups is 2. The van der Waals surface area contributed by atoms with Crippen molar-refractivity contribution in [3.63, 3.8) is 0 Å². The molecular weight excluding hydrogens is 651 g/mol. The number of amides is 1. The van der Waals surface area contributed by atoms with Gasteiger partial charge in [-0.25, -0.2) is 4.98 Å². The smallest absolute Gasteiger partial charge is 0.234 e. The summed E-state index contributed by atoms with van der Waals surface area (Å²) in [5.41, 5.74) is 11.5. The number of hydrogen-bond donors (Lipinski definition) is 2. The molecule has 8 heteroatoms. The van der Waals surface area contributed by atoms with Gasteiger partial charge in [0.1, 0.15) is 5.69 Å². The number of nitrogens with one attached hydrogen (secondary N) is 1. The summed E-state index contributed by atoms with van der Waals surface area (Å²) in [5, 5.41) is 6.16. The molecule has 0 radical (unpaired) electrons. The third-order valence-electron chi connectivity index (χ3n) is 11.6. The van der Waals surface area contributed by atoms with Crippen molar-refractivity contribution < 1.29 is 9.59 Å². The van der Waals surface area contributed by atoms with Gasteiger partial charge in [-0.3, -0.25) is 19.4 Å². The molecular formula is C43H59N5O2S. The van der Waals surface area contributed by atoms with Crippen LogP contribution in [0.2, 0.25) is 0 Å². The lowest BCUT2D eigenvalue weighted by Gasteiger charge is -2.48. The van der Waals surface area contributed by atoms with Gasteiger partial charge in [-0.05, 0) is 138 Å². The fourth-order valence-corrected chi connectivity index (χ4v) is 10.0. The number of hydrogen-bond acceptors (Lipinski definition) is 7. The summed E-state index contributed by atoms with van der Waals surface area (Å²) in [5.74, 6) is 4.90. The molecule has 7 rings (SSSR count). The fraction of sp³-hybridized carbons (Fsp3) is 0.558. The maximum Gasteiger partial charge on any atom is 0.234 e. The molecule has 3 heterocycles. The van der Waals surface area contributed by atoms with Crippen LogP contribution in [0.4, 0.5) is 5.69 Å². The van der Waals surface area contributed by atoms with Crippen LogP contribution in [0.25, 0.3) is 0 Å². The van der Waals surface area contributed by atoms with E-state index < -0.39 is 0 Å². The molecule has 2 bridgehead atoms. The number of nitrogens with two attached hydrogens (primary N) is 1. The van der Waals surface area contributed by atoms with Crippen LogP contribution in [-0.2, 0) is 11.2 Å². The molecule has 3 fully saturated rings. The van der Waals surface area contributed by atoms with Crippen molar-refractivity contribution in [2.24, 2.45) is 23.5 Å². The minimum atomic E-state index is -0.185. The summed E-state index contributed by atoms with van der Waals surface area (Å²) in [6.45, 7) is 8.24. The molecule has 2 aliphatic carbocycles. The zero-order valence-electron chi connectivity index (χ0n) is 31.4. The molecule has 1 saturated heterocycles. The Kier molecular flexibility index (Phi) is 13.5. The quantitative estimate of drug-likeness (QED) is 0.181. The van der Waals surface area contributed by atoms with Gasteiger partial charge in [0.2, 0.25) is 5.91 Å². The largest absolute Gasteiger partial charge is 0.380 e. The molecule has 2 aliphatic heterocycles. The number of benzene rings is 2. The van der Waals surface area contributed by atoms with E-state index in [0.717, 1.165) is 37.1 Å². The molecule has 3 aromatic rings. The maximum atomic E-state index is 10.6. The lowest BCUT2D eigenvalue weighted by atomic mass is 9.62. The van der Waals surface area contributed by atoms with E-state index in [1.165, 1.54) is 85.9 Å². The Balaban J connectivity index is 0.000000228. The van der Waals surface area contributed by atoms with E-state index in [1.807, 2.05) is 11.9 Å². The number of likely N-dealkylation sites (N-methyl/N-ethyl adjacent to an activating group) is 2. The van der Waals surface area contributed by atoms with Crippen LogP contribution in [0, 0.1) is 30.1 Å². The number of unbranched alkanes of at least 4 members (excludes halogenated alkanes) is 1. The zero-order chi connectivity index (χ0) is 36.5. The number of thiazole rings is 1. The van der Waals surface area contributed by atoms with Gasteiger partial charge in [0.05, 0.1) is 12.1 Å². The summed E-state index contributed by atoms with van der Waals surface area (Å²) < 4.78 is 0. The highest BCUT2D eigenvalue weighted by atomic mass is 32.1. The van der Waals surface area contributed by atoms with E-state index in [0.29, 0.717) is 29.1 Å². The number of anilines is 1. The molecule has 4 aliphatic rings. The molecule has 1 aromatic heterocycles. The van der Waals surface area contributed by atoms with Gasteiger partial charge < -0.3 is 11.1 Å². The van der Waals surface area contributed by atoms with Gasteiger partial charge in [-0.1, -0.05) is 63.1 Å². The van der Waals surface area contributed by atoms with E-state index in [1.54, 1.807) is 10.9 Å². The number of likely N-dealkylation sites (tertiary alicyclic amines) is 1. The standard InChI is InChI=1S/C31H44N2.C6H12N2O.C6H3NOS/c1-5-6-10-28-19-26-9-7-8-11-29(26)30(33(28)4)25-12-14-27(15-13-25)32-31(3)20-23-16-22(2)17-24(18-23)21-31;1-8-4-2-3-5(8)6(7)9;1-2-6-7-5(3-8)4-9-6/h7-9,11-15,22-24,28,30,32H,5-6,10,16-21H2,1-4H3;5H,2-4H2,1H3,(H2,7,9);1,3-4H. The Morgan fingerprint density at radius 2 is 1.82 bits per heavy atom. The zero-order valence-corrected chi connectivity index (χ0v) is 32.3. The Morgan fingerprint density at radius 1 is 1.12 bits per heavy atom. The Morgan fingerprint density at radius 3 is 2.37 bits per heavy atom. The monoisotopic (exact) mass is 709 g/mol. The van der Waals surface area contributed by atoms with Crippen molar-refractivity contribution >= 4 is 29.2 Å². The number of rotatable bonds is 8. The second-order valence-electron chi connectivity index (χ2n) is 15.9. The van der Waals surface area contributed by atoms with Crippen molar-refractivity contribution in [3.05, 3.63) is 81.3 Å². The van der Waals surface area contributed by atoms with Crippen LogP contribution < -0.4 is 11.1 Å². The second-order valence-corrected chi connectivity index (χ2v) is 16.8. The normalized spacial score (nSPS) is 28.5. The highest BCUT2D eigenvalue weighted by Gasteiger charge is 2.41. The van der Waals surface area contributed by atoms with Gasteiger partial charge in [0.15, 0.2) is 11.3 Å². The fourth-order valence-electron chi connectivity index (χ4n) is 9.44. The SMILES string of the molecule is C#Cc1nc(C=O)cs1.CCCCC1Cc2ccccc2C(c2ccc(NC3(C)CC4CC(C)CC(C4)C3)cc2)N1C.CN1CCCC1C(N)=O. The van der Waals surface area contributed by atoms with Crippen LogP contribution in [0.3, 0.4) is 0 Å². The highest BCUT2D eigenvalue weighted by Crippen LogP contribution is 2.47. The third-order valence-corrected chi connectivity index (χ3v) is 12.4. The second kappa shape index (κ2) is 17.8. The molecule has 5 unspecified atom stereocenters. The molecule has 1 amide bonds. The van der Waals surface area contributed by atoms with Crippen LogP contribution in [-0.4, -0.2) is 65.2 Å². The van der Waals surface area contributed by atoms with Crippen LogP contribution in [0.15, 0.2) is 53.9 Å². The number of nitrogens with zero attached hydrogens (tertiary/aromatic N) is 3. The van der Waals surface area contributed by atoms with Crippen LogP contribution in [0.5, 0.6) is 0 Å². The van der Waals surface area contributed by atoms with Gasteiger partial charge in [0, 0.05) is 22.6 Å². The van der Waals surface area contributed by atoms with E-state index in [2.05, 4.69) is 97.5 Å². The summed E-state index contributed by atoms with van der Waals surface area (Å²) in [7, 11) is 4.28. The van der Waals surface area contributed by atoms with Crippen molar-refractivity contribution in [2.75, 3.05) is 26.0 Å². The molecule has 51 heavy (non-hydrogen) atoms.